The summed E-state index contributed by atoms with van der Waals surface area (Å²) >= 11 is 0. The van der Waals surface area contributed by atoms with Crippen LogP contribution in [0.25, 0.3) is 0 Å². The molecule has 7 heteroatoms. The van der Waals surface area contributed by atoms with Crippen molar-refractivity contribution in [1.29, 1.82) is 0 Å². The molecule has 134 valence electrons. The van der Waals surface area contributed by atoms with Gasteiger partial charge in [0.05, 0.1) is 11.9 Å². The first-order valence-corrected chi connectivity index (χ1v) is 10.2. The van der Waals surface area contributed by atoms with Gasteiger partial charge in [-0.2, -0.15) is 0 Å². The van der Waals surface area contributed by atoms with Crippen LogP contribution < -0.4 is 9.62 Å². The molecule has 0 saturated carbocycles. The van der Waals surface area contributed by atoms with Gasteiger partial charge in [0, 0.05) is 19.2 Å². The van der Waals surface area contributed by atoms with Crippen molar-refractivity contribution in [3.05, 3.63) is 29.3 Å². The number of aryl methyl sites for hydroxylation is 1. The van der Waals surface area contributed by atoms with Gasteiger partial charge in [-0.3, -0.25) is 9.10 Å². The Hall–Kier alpha value is -1.60. The van der Waals surface area contributed by atoms with E-state index in [1.807, 2.05) is 6.92 Å². The van der Waals surface area contributed by atoms with Gasteiger partial charge in [0.15, 0.2) is 0 Å². The van der Waals surface area contributed by atoms with Crippen molar-refractivity contribution in [2.45, 2.75) is 26.2 Å². The zero-order valence-electron chi connectivity index (χ0n) is 14.7. The van der Waals surface area contributed by atoms with Gasteiger partial charge in [-0.1, -0.05) is 6.07 Å². The number of benzene rings is 1. The molecule has 1 aliphatic rings. The van der Waals surface area contributed by atoms with E-state index in [-0.39, 0.29) is 5.91 Å². The molecule has 2 rings (SSSR count). The van der Waals surface area contributed by atoms with Crippen LogP contribution in [0.5, 0.6) is 0 Å². The third kappa shape index (κ3) is 4.95. The van der Waals surface area contributed by atoms with Gasteiger partial charge in [0.2, 0.25) is 10.0 Å². The van der Waals surface area contributed by atoms with Crippen molar-refractivity contribution in [1.82, 2.24) is 10.2 Å². The second-order valence-electron chi connectivity index (χ2n) is 6.39. The highest BCUT2D eigenvalue weighted by molar-refractivity contribution is 7.92. The molecule has 1 saturated heterocycles. The quantitative estimate of drug-likeness (QED) is 0.756. The van der Waals surface area contributed by atoms with E-state index in [2.05, 4.69) is 10.2 Å². The second-order valence-corrected chi connectivity index (χ2v) is 8.40. The molecular weight excluding hydrogens is 326 g/mol. The summed E-state index contributed by atoms with van der Waals surface area (Å²) < 4.78 is 24.6. The van der Waals surface area contributed by atoms with Gasteiger partial charge in [0.1, 0.15) is 0 Å². The average molecular weight is 353 g/mol. The number of amides is 1. The zero-order valence-corrected chi connectivity index (χ0v) is 15.5. The minimum absolute atomic E-state index is 0.167. The van der Waals surface area contributed by atoms with E-state index < -0.39 is 10.0 Å². The fourth-order valence-corrected chi connectivity index (χ4v) is 3.44. The van der Waals surface area contributed by atoms with E-state index in [0.29, 0.717) is 17.8 Å². The molecule has 0 aromatic heterocycles. The van der Waals surface area contributed by atoms with Crippen LogP contribution >= 0.6 is 0 Å². The lowest BCUT2D eigenvalue weighted by molar-refractivity contribution is 0.0952. The number of carbonyl (C=O) groups is 1. The Morgan fingerprint density at radius 1 is 1.29 bits per heavy atom. The summed E-state index contributed by atoms with van der Waals surface area (Å²) in [7, 11) is -1.86. The van der Waals surface area contributed by atoms with Gasteiger partial charge in [-0.05, 0) is 63.5 Å². The number of rotatable bonds is 7. The fourth-order valence-electron chi connectivity index (χ4n) is 2.88. The molecule has 1 amide bonds. The summed E-state index contributed by atoms with van der Waals surface area (Å²) in [6, 6.07) is 5.13. The number of likely N-dealkylation sites (tertiary alicyclic amines) is 1. The van der Waals surface area contributed by atoms with E-state index in [9.17, 15) is 13.2 Å². The van der Waals surface area contributed by atoms with Crippen LogP contribution in [0.4, 0.5) is 5.69 Å². The van der Waals surface area contributed by atoms with Gasteiger partial charge < -0.3 is 10.2 Å². The van der Waals surface area contributed by atoms with Crippen LogP contribution in [0.3, 0.4) is 0 Å². The summed E-state index contributed by atoms with van der Waals surface area (Å²) in [5.74, 6) is -0.167. The van der Waals surface area contributed by atoms with Gasteiger partial charge in [-0.15, -0.1) is 0 Å². The largest absolute Gasteiger partial charge is 0.352 e. The topological polar surface area (TPSA) is 69.7 Å². The third-order valence-corrected chi connectivity index (χ3v) is 5.64. The highest BCUT2D eigenvalue weighted by atomic mass is 32.2. The molecular formula is C17H27N3O3S. The van der Waals surface area contributed by atoms with Crippen molar-refractivity contribution in [2.75, 3.05) is 43.8 Å². The molecule has 0 radical (unpaired) electrons. The monoisotopic (exact) mass is 353 g/mol. The van der Waals surface area contributed by atoms with E-state index in [1.54, 1.807) is 18.2 Å². The average Bonchev–Trinajstić information content (AvgIpc) is 3.03. The second kappa shape index (κ2) is 7.98. The van der Waals surface area contributed by atoms with Crippen molar-refractivity contribution < 1.29 is 13.2 Å². The SMILES string of the molecule is Cc1ccc(C(=O)NCCCN2CCCC2)cc1N(C)S(C)(=O)=O. The number of hydrogen-bond acceptors (Lipinski definition) is 4. The molecule has 24 heavy (non-hydrogen) atoms. The molecule has 0 spiro atoms. The number of carbonyl (C=O) groups excluding carboxylic acids is 1. The molecule has 0 unspecified atom stereocenters. The summed E-state index contributed by atoms with van der Waals surface area (Å²) in [5.41, 5.74) is 1.82. The lowest BCUT2D eigenvalue weighted by Crippen LogP contribution is -2.29. The van der Waals surface area contributed by atoms with Crippen molar-refractivity contribution >= 4 is 21.6 Å². The Balaban J connectivity index is 1.94. The molecule has 1 aliphatic heterocycles. The molecule has 1 fully saturated rings. The first kappa shape index (κ1) is 18.7. The Morgan fingerprint density at radius 2 is 1.96 bits per heavy atom. The van der Waals surface area contributed by atoms with Crippen LogP contribution in [-0.4, -0.2) is 58.7 Å². The first-order chi connectivity index (χ1) is 11.3. The molecule has 0 aliphatic carbocycles. The third-order valence-electron chi connectivity index (χ3n) is 4.44. The molecule has 1 heterocycles. The van der Waals surface area contributed by atoms with Gasteiger partial charge in [-0.25, -0.2) is 8.42 Å². The van der Waals surface area contributed by atoms with Crippen LogP contribution in [0.2, 0.25) is 0 Å². The van der Waals surface area contributed by atoms with Crippen LogP contribution in [0, 0.1) is 6.92 Å². The number of nitrogens with one attached hydrogen (secondary N) is 1. The van der Waals surface area contributed by atoms with E-state index in [0.717, 1.165) is 37.9 Å². The molecule has 0 atom stereocenters. The number of anilines is 1. The molecule has 1 aromatic carbocycles. The predicted molar refractivity (Wildman–Crippen MR) is 97.1 cm³/mol. The van der Waals surface area contributed by atoms with Crippen molar-refractivity contribution in [3.63, 3.8) is 0 Å². The molecule has 1 aromatic rings. The fraction of sp³-hybridized carbons (Fsp3) is 0.588. The minimum atomic E-state index is -3.36. The number of nitrogens with zero attached hydrogens (tertiary/aromatic N) is 2. The van der Waals surface area contributed by atoms with Crippen LogP contribution in [-0.2, 0) is 10.0 Å². The molecule has 0 bridgehead atoms. The smallest absolute Gasteiger partial charge is 0.251 e. The van der Waals surface area contributed by atoms with E-state index in [1.165, 1.54) is 24.2 Å². The lowest BCUT2D eigenvalue weighted by Gasteiger charge is -2.20. The van der Waals surface area contributed by atoms with Crippen LogP contribution in [0.15, 0.2) is 18.2 Å². The Bertz CT molecular complexity index is 682. The number of hydrogen-bond donors (Lipinski definition) is 1. The van der Waals surface area contributed by atoms with Gasteiger partial charge in [0.25, 0.3) is 5.91 Å². The maximum Gasteiger partial charge on any atom is 0.251 e. The highest BCUT2D eigenvalue weighted by Gasteiger charge is 2.16. The Kier molecular flexibility index (Phi) is 6.23. The van der Waals surface area contributed by atoms with Crippen LogP contribution in [0.1, 0.15) is 35.2 Å². The molecule has 6 nitrogen and oxygen atoms in total. The van der Waals surface area contributed by atoms with E-state index in [4.69, 9.17) is 0 Å². The highest BCUT2D eigenvalue weighted by Crippen LogP contribution is 2.22. The zero-order chi connectivity index (χ0) is 17.7. The standard InChI is InChI=1S/C17H27N3O3S/c1-14-7-8-15(13-16(14)19(2)24(3,22)23)17(21)18-9-6-12-20-10-4-5-11-20/h7-8,13H,4-6,9-12H2,1-3H3,(H,18,21). The lowest BCUT2D eigenvalue weighted by atomic mass is 10.1. The van der Waals surface area contributed by atoms with Gasteiger partial charge >= 0.3 is 0 Å². The summed E-state index contributed by atoms with van der Waals surface area (Å²) in [5, 5.41) is 2.91. The van der Waals surface area contributed by atoms with Crippen molar-refractivity contribution in [3.8, 4) is 0 Å². The summed E-state index contributed by atoms with van der Waals surface area (Å²) in [6.07, 6.45) is 4.62. The molecule has 1 N–H and O–H groups in total. The Morgan fingerprint density at radius 3 is 2.58 bits per heavy atom. The first-order valence-electron chi connectivity index (χ1n) is 8.34. The van der Waals surface area contributed by atoms with Crippen molar-refractivity contribution in [2.24, 2.45) is 0 Å². The normalized spacial score (nSPS) is 15.5. The van der Waals surface area contributed by atoms with E-state index >= 15 is 0 Å². The Labute approximate surface area is 144 Å². The maximum absolute atomic E-state index is 12.3. The summed E-state index contributed by atoms with van der Waals surface area (Å²) in [4.78, 5) is 14.7. The minimum Gasteiger partial charge on any atom is -0.352 e. The maximum atomic E-state index is 12.3. The summed E-state index contributed by atoms with van der Waals surface area (Å²) in [6.45, 7) is 5.78. The predicted octanol–water partition coefficient (Wildman–Crippen LogP) is 1.61. The number of sulfonamides is 1.